The number of ketones is 1. The molecule has 0 unspecified atom stereocenters. The summed E-state index contributed by atoms with van der Waals surface area (Å²) in [6.45, 7) is 0. The molecule has 0 bridgehead atoms. The van der Waals surface area contributed by atoms with E-state index in [-0.39, 0.29) is 23.2 Å². The molecular weight excluding hydrogens is 343 g/mol. The number of thiazole rings is 1. The van der Waals surface area contributed by atoms with E-state index in [4.69, 9.17) is 0 Å². The largest absolute Gasteiger partial charge is 0.296 e. The first-order chi connectivity index (χ1) is 12.1. The maximum atomic E-state index is 13.0. The highest BCUT2D eigenvalue weighted by Gasteiger charge is 2.23. The number of aromatic nitrogens is 3. The Balaban J connectivity index is 1.52. The smallest absolute Gasteiger partial charge is 0.275 e. The number of nitrogens with one attached hydrogen (secondary N) is 2. The van der Waals surface area contributed by atoms with Gasteiger partial charge in [0.2, 0.25) is 0 Å². The van der Waals surface area contributed by atoms with E-state index in [0.29, 0.717) is 27.7 Å². The fourth-order valence-corrected chi connectivity index (χ4v) is 3.67. The van der Waals surface area contributed by atoms with Crippen molar-refractivity contribution in [3.63, 3.8) is 0 Å². The lowest BCUT2D eigenvalue weighted by molar-refractivity contribution is 0.0975. The van der Waals surface area contributed by atoms with Gasteiger partial charge in [-0.1, -0.05) is 11.3 Å². The number of H-pyrrole nitrogens is 1. The first-order valence-corrected chi connectivity index (χ1v) is 8.57. The van der Waals surface area contributed by atoms with Crippen molar-refractivity contribution in [3.05, 3.63) is 52.4 Å². The molecule has 2 heterocycles. The van der Waals surface area contributed by atoms with Gasteiger partial charge in [0.1, 0.15) is 11.5 Å². The van der Waals surface area contributed by atoms with E-state index in [1.807, 2.05) is 0 Å². The normalized spacial score (nSPS) is 13.6. The van der Waals surface area contributed by atoms with Crippen LogP contribution < -0.4 is 5.32 Å². The van der Waals surface area contributed by atoms with Gasteiger partial charge in [0.05, 0.1) is 16.3 Å². The Morgan fingerprint density at radius 3 is 2.80 bits per heavy atom. The number of carbonyl (C=O) groups excluding carboxylic acids is 2. The molecule has 4 rings (SSSR count). The molecular formula is C17H13FN4O2S. The maximum absolute atomic E-state index is 13.0. The Labute approximate surface area is 146 Å². The van der Waals surface area contributed by atoms with Crippen LogP contribution in [0.3, 0.4) is 0 Å². The van der Waals surface area contributed by atoms with Gasteiger partial charge in [0.15, 0.2) is 10.9 Å². The van der Waals surface area contributed by atoms with Crippen LogP contribution in [0.4, 0.5) is 9.52 Å². The van der Waals surface area contributed by atoms with E-state index in [1.165, 1.54) is 23.5 Å². The number of hydrogen-bond acceptors (Lipinski definition) is 5. The molecule has 25 heavy (non-hydrogen) atoms. The van der Waals surface area contributed by atoms with Gasteiger partial charge in [0, 0.05) is 12.0 Å². The number of nitrogens with zero attached hydrogens (tertiary/aromatic N) is 2. The number of amides is 1. The molecule has 126 valence electrons. The Bertz CT molecular complexity index is 961. The maximum Gasteiger partial charge on any atom is 0.275 e. The third-order valence-electron chi connectivity index (χ3n) is 3.95. The summed E-state index contributed by atoms with van der Waals surface area (Å²) < 4.78 is 13.0. The van der Waals surface area contributed by atoms with Crippen molar-refractivity contribution in [2.45, 2.75) is 19.3 Å². The number of Topliss-reactive ketones (excluding diaryl/α,β-unsaturated/α-hetero) is 1. The Morgan fingerprint density at radius 1 is 1.24 bits per heavy atom. The van der Waals surface area contributed by atoms with Crippen LogP contribution in [0.5, 0.6) is 0 Å². The summed E-state index contributed by atoms with van der Waals surface area (Å²) in [5.74, 6) is -0.640. The van der Waals surface area contributed by atoms with Crippen molar-refractivity contribution in [1.82, 2.24) is 15.2 Å². The first kappa shape index (κ1) is 15.6. The minimum absolute atomic E-state index is 0.0828. The van der Waals surface area contributed by atoms with E-state index < -0.39 is 0 Å². The summed E-state index contributed by atoms with van der Waals surface area (Å²) in [4.78, 5) is 29.2. The summed E-state index contributed by atoms with van der Waals surface area (Å²) in [5.41, 5.74) is 2.26. The fraction of sp³-hybridized carbons (Fsp3) is 0.176. The number of halogens is 1. The monoisotopic (exact) mass is 356 g/mol. The van der Waals surface area contributed by atoms with E-state index in [2.05, 4.69) is 20.5 Å². The Morgan fingerprint density at radius 2 is 2.04 bits per heavy atom. The van der Waals surface area contributed by atoms with E-state index in [1.54, 1.807) is 18.2 Å². The number of benzene rings is 1. The van der Waals surface area contributed by atoms with E-state index in [9.17, 15) is 14.0 Å². The van der Waals surface area contributed by atoms with Crippen LogP contribution >= 0.6 is 11.3 Å². The van der Waals surface area contributed by atoms with Gasteiger partial charge >= 0.3 is 0 Å². The second-order valence-corrected chi connectivity index (χ2v) is 6.70. The van der Waals surface area contributed by atoms with Gasteiger partial charge in [-0.2, -0.15) is 5.10 Å². The fourth-order valence-electron chi connectivity index (χ4n) is 2.69. The van der Waals surface area contributed by atoms with Gasteiger partial charge in [0.25, 0.3) is 5.91 Å². The number of anilines is 1. The third kappa shape index (κ3) is 3.08. The molecule has 2 aromatic heterocycles. The number of rotatable bonds is 3. The topological polar surface area (TPSA) is 87.7 Å². The van der Waals surface area contributed by atoms with Crippen LogP contribution in [0.1, 0.15) is 38.7 Å². The summed E-state index contributed by atoms with van der Waals surface area (Å²) >= 11 is 1.20. The Hall–Kier alpha value is -2.87. The number of aromatic amines is 1. The van der Waals surface area contributed by atoms with Crippen LogP contribution in [0.2, 0.25) is 0 Å². The molecule has 0 radical (unpaired) electrons. The Kier molecular flexibility index (Phi) is 3.89. The van der Waals surface area contributed by atoms with Crippen LogP contribution in [0.15, 0.2) is 30.3 Å². The number of carbonyl (C=O) groups is 2. The van der Waals surface area contributed by atoms with Crippen LogP contribution in [-0.4, -0.2) is 26.9 Å². The third-order valence-corrected chi connectivity index (χ3v) is 5.01. The molecule has 0 atom stereocenters. The molecule has 1 aromatic carbocycles. The average molecular weight is 356 g/mol. The molecule has 3 aromatic rings. The molecule has 1 aliphatic rings. The minimum Gasteiger partial charge on any atom is -0.296 e. The lowest BCUT2D eigenvalue weighted by Crippen LogP contribution is -2.12. The molecule has 0 spiro atoms. The zero-order chi connectivity index (χ0) is 17.4. The van der Waals surface area contributed by atoms with Gasteiger partial charge in [-0.3, -0.25) is 20.0 Å². The quantitative estimate of drug-likeness (QED) is 0.752. The summed E-state index contributed by atoms with van der Waals surface area (Å²) in [6.07, 6.45) is 2.08. The summed E-state index contributed by atoms with van der Waals surface area (Å²) in [5, 5.41) is 9.84. The van der Waals surface area contributed by atoms with Gasteiger partial charge in [-0.15, -0.1) is 0 Å². The van der Waals surface area contributed by atoms with Crippen LogP contribution in [0, 0.1) is 5.82 Å². The van der Waals surface area contributed by atoms with Crippen molar-refractivity contribution in [3.8, 4) is 11.3 Å². The SMILES string of the molecule is O=C(Nc1nc2c(s1)C(=O)CCC2)c1cc(-c2ccc(F)cc2)n[nH]1. The second kappa shape index (κ2) is 6.21. The number of fused-ring (bicyclic) bond motifs is 1. The van der Waals surface area contributed by atoms with E-state index >= 15 is 0 Å². The molecule has 1 aliphatic carbocycles. The highest BCUT2D eigenvalue weighted by Crippen LogP contribution is 2.30. The predicted octanol–water partition coefficient (Wildman–Crippen LogP) is 3.44. The molecule has 6 nitrogen and oxygen atoms in total. The van der Waals surface area contributed by atoms with Gasteiger partial charge < -0.3 is 0 Å². The molecule has 2 N–H and O–H groups in total. The van der Waals surface area contributed by atoms with Crippen molar-refractivity contribution < 1.29 is 14.0 Å². The summed E-state index contributed by atoms with van der Waals surface area (Å²) in [6, 6.07) is 7.43. The van der Waals surface area contributed by atoms with Crippen molar-refractivity contribution in [2.24, 2.45) is 0 Å². The minimum atomic E-state index is -0.389. The van der Waals surface area contributed by atoms with Gasteiger partial charge in [-0.05, 0) is 43.2 Å². The molecule has 0 saturated carbocycles. The lowest BCUT2D eigenvalue weighted by Gasteiger charge is -2.05. The molecule has 8 heteroatoms. The standard InChI is InChI=1S/C17H13FN4O2S/c18-10-6-4-9(5-7-10)12-8-13(22-21-12)16(24)20-17-19-11-2-1-3-14(23)15(11)25-17/h4-8H,1-3H2,(H,21,22)(H,19,20,24). The predicted molar refractivity (Wildman–Crippen MR) is 91.3 cm³/mol. The number of hydrogen-bond donors (Lipinski definition) is 2. The average Bonchev–Trinajstić information content (AvgIpc) is 3.23. The number of aryl methyl sites for hydroxylation is 1. The van der Waals surface area contributed by atoms with Crippen molar-refractivity contribution >= 4 is 28.2 Å². The molecule has 0 saturated heterocycles. The van der Waals surface area contributed by atoms with E-state index in [0.717, 1.165) is 18.5 Å². The lowest BCUT2D eigenvalue weighted by atomic mass is 10.0. The molecule has 0 aliphatic heterocycles. The zero-order valence-electron chi connectivity index (χ0n) is 13.0. The first-order valence-electron chi connectivity index (χ1n) is 7.76. The van der Waals surface area contributed by atoms with Crippen LogP contribution in [0.25, 0.3) is 11.3 Å². The van der Waals surface area contributed by atoms with Crippen LogP contribution in [-0.2, 0) is 6.42 Å². The highest BCUT2D eigenvalue weighted by molar-refractivity contribution is 7.17. The van der Waals surface area contributed by atoms with Crippen molar-refractivity contribution in [1.29, 1.82) is 0 Å². The highest BCUT2D eigenvalue weighted by atomic mass is 32.1. The second-order valence-electron chi connectivity index (χ2n) is 5.70. The zero-order valence-corrected chi connectivity index (χ0v) is 13.8. The molecule has 1 amide bonds. The molecule has 0 fully saturated rings. The van der Waals surface area contributed by atoms with Gasteiger partial charge in [-0.25, -0.2) is 9.37 Å². The summed E-state index contributed by atoms with van der Waals surface area (Å²) in [7, 11) is 0. The van der Waals surface area contributed by atoms with Crippen molar-refractivity contribution in [2.75, 3.05) is 5.32 Å².